The minimum absolute atomic E-state index is 0.693. The van der Waals surface area contributed by atoms with Gasteiger partial charge in [-0.25, -0.2) is 0 Å². The Bertz CT molecular complexity index is 156. The summed E-state index contributed by atoms with van der Waals surface area (Å²) in [5.41, 5.74) is 0. The van der Waals surface area contributed by atoms with E-state index in [0.29, 0.717) is 13.2 Å². The van der Waals surface area contributed by atoms with E-state index in [2.05, 4.69) is 19.2 Å². The lowest BCUT2D eigenvalue weighted by molar-refractivity contribution is 0.0670. The predicted octanol–water partition coefficient (Wildman–Crippen LogP) is 1.67. The van der Waals surface area contributed by atoms with Crippen LogP contribution < -0.4 is 5.32 Å². The van der Waals surface area contributed by atoms with Gasteiger partial charge in [0.05, 0.1) is 19.8 Å². The van der Waals surface area contributed by atoms with Crippen molar-refractivity contribution in [3.8, 4) is 0 Å². The van der Waals surface area contributed by atoms with Gasteiger partial charge in [-0.3, -0.25) is 0 Å². The van der Waals surface area contributed by atoms with Crippen LogP contribution in [0.25, 0.3) is 0 Å². The van der Waals surface area contributed by atoms with E-state index in [1.165, 1.54) is 12.8 Å². The Hall–Kier alpha value is -0.120. The van der Waals surface area contributed by atoms with Crippen molar-refractivity contribution in [3.05, 3.63) is 0 Å². The molecule has 0 bridgehead atoms. The maximum atomic E-state index is 5.38. The van der Waals surface area contributed by atoms with Gasteiger partial charge >= 0.3 is 0 Å². The Morgan fingerprint density at radius 1 is 1.20 bits per heavy atom. The van der Waals surface area contributed by atoms with Gasteiger partial charge < -0.3 is 14.8 Å². The van der Waals surface area contributed by atoms with Crippen LogP contribution in [-0.2, 0) is 9.47 Å². The molecule has 0 unspecified atom stereocenters. The lowest BCUT2D eigenvalue weighted by Gasteiger charge is -2.38. The molecule has 0 amide bonds. The molecular weight excluding hydrogens is 190 g/mol. The topological polar surface area (TPSA) is 30.5 Å². The molecule has 1 aliphatic rings. The van der Waals surface area contributed by atoms with Gasteiger partial charge in [0.2, 0.25) is 0 Å². The molecule has 3 heteroatoms. The van der Waals surface area contributed by atoms with Gasteiger partial charge in [-0.2, -0.15) is 0 Å². The fraction of sp³-hybridized carbons (Fsp3) is 1.00. The van der Waals surface area contributed by atoms with E-state index in [1.807, 2.05) is 0 Å². The van der Waals surface area contributed by atoms with E-state index in [-0.39, 0.29) is 0 Å². The zero-order chi connectivity index (χ0) is 11.1. The van der Waals surface area contributed by atoms with Crippen LogP contribution in [0.15, 0.2) is 0 Å². The molecule has 0 aromatic rings. The molecule has 0 aliphatic heterocycles. The molecule has 1 aliphatic carbocycles. The summed E-state index contributed by atoms with van der Waals surface area (Å²) in [5, 5.41) is 3.52. The van der Waals surface area contributed by atoms with Crippen LogP contribution in [0.4, 0.5) is 0 Å². The number of rotatable bonds is 8. The third-order valence-corrected chi connectivity index (χ3v) is 3.23. The summed E-state index contributed by atoms with van der Waals surface area (Å²) in [4.78, 5) is 0. The van der Waals surface area contributed by atoms with Crippen molar-refractivity contribution in [2.75, 3.05) is 33.5 Å². The van der Waals surface area contributed by atoms with Gasteiger partial charge in [-0.15, -0.1) is 0 Å². The van der Waals surface area contributed by atoms with Gasteiger partial charge in [0, 0.05) is 19.7 Å². The van der Waals surface area contributed by atoms with E-state index in [0.717, 1.165) is 31.0 Å². The summed E-state index contributed by atoms with van der Waals surface area (Å²) in [7, 11) is 1.70. The summed E-state index contributed by atoms with van der Waals surface area (Å²) < 4.78 is 10.3. The van der Waals surface area contributed by atoms with Gasteiger partial charge in [-0.05, 0) is 24.7 Å². The summed E-state index contributed by atoms with van der Waals surface area (Å²) in [6.07, 6.45) is 2.69. The largest absolute Gasteiger partial charge is 0.382 e. The number of methoxy groups -OCH3 is 1. The molecule has 0 saturated heterocycles. The lowest BCUT2D eigenvalue weighted by Crippen LogP contribution is -2.44. The van der Waals surface area contributed by atoms with Crippen LogP contribution in [-0.4, -0.2) is 39.5 Å². The monoisotopic (exact) mass is 215 g/mol. The Balaban J connectivity index is 1.82. The molecule has 0 aromatic carbocycles. The van der Waals surface area contributed by atoms with Crippen molar-refractivity contribution >= 4 is 0 Å². The van der Waals surface area contributed by atoms with Gasteiger partial charge in [0.15, 0.2) is 0 Å². The second-order valence-corrected chi connectivity index (χ2v) is 4.73. The number of hydrogen-bond donors (Lipinski definition) is 1. The highest BCUT2D eigenvalue weighted by Crippen LogP contribution is 2.33. The fourth-order valence-electron chi connectivity index (χ4n) is 1.95. The minimum atomic E-state index is 0.693. The predicted molar refractivity (Wildman–Crippen MR) is 62.0 cm³/mol. The summed E-state index contributed by atoms with van der Waals surface area (Å²) in [6, 6.07) is 0.739. The molecule has 1 saturated carbocycles. The summed E-state index contributed by atoms with van der Waals surface area (Å²) in [6.45, 7) is 7.80. The standard InChI is InChI=1S/C12H25NO2/c1-10(2)11-8-12(9-11)13-4-5-15-7-6-14-3/h10-13H,4-9H2,1-3H3. The second-order valence-electron chi connectivity index (χ2n) is 4.73. The quantitative estimate of drug-likeness (QED) is 0.625. The Morgan fingerprint density at radius 2 is 1.93 bits per heavy atom. The minimum Gasteiger partial charge on any atom is -0.382 e. The van der Waals surface area contributed by atoms with Crippen molar-refractivity contribution in [1.82, 2.24) is 5.32 Å². The van der Waals surface area contributed by atoms with Crippen molar-refractivity contribution in [2.24, 2.45) is 11.8 Å². The molecule has 1 N–H and O–H groups in total. The molecule has 0 radical (unpaired) electrons. The Kier molecular flexibility index (Phi) is 6.22. The highest BCUT2D eigenvalue weighted by Gasteiger charge is 2.30. The second kappa shape index (κ2) is 7.20. The van der Waals surface area contributed by atoms with Crippen LogP contribution >= 0.6 is 0 Å². The van der Waals surface area contributed by atoms with Crippen LogP contribution in [0.2, 0.25) is 0 Å². The first-order valence-electron chi connectivity index (χ1n) is 6.04. The molecule has 3 nitrogen and oxygen atoms in total. The molecule has 0 heterocycles. The highest BCUT2D eigenvalue weighted by molar-refractivity contribution is 4.86. The first-order chi connectivity index (χ1) is 7.24. The third kappa shape index (κ3) is 4.96. The average Bonchev–Trinajstić information content (AvgIpc) is 2.12. The molecule has 15 heavy (non-hydrogen) atoms. The maximum absolute atomic E-state index is 5.38. The molecule has 90 valence electrons. The van der Waals surface area contributed by atoms with Gasteiger partial charge in [0.25, 0.3) is 0 Å². The van der Waals surface area contributed by atoms with Gasteiger partial charge in [0.1, 0.15) is 0 Å². The highest BCUT2D eigenvalue weighted by atomic mass is 16.5. The molecule has 1 rings (SSSR count). The molecule has 0 atom stereocenters. The molecular formula is C12H25NO2. The third-order valence-electron chi connectivity index (χ3n) is 3.23. The molecule has 0 aromatic heterocycles. The van der Waals surface area contributed by atoms with Crippen molar-refractivity contribution in [3.63, 3.8) is 0 Å². The Labute approximate surface area is 93.5 Å². The lowest BCUT2D eigenvalue weighted by atomic mass is 9.74. The van der Waals surface area contributed by atoms with E-state index in [4.69, 9.17) is 9.47 Å². The van der Waals surface area contributed by atoms with Crippen LogP contribution in [0, 0.1) is 11.8 Å². The van der Waals surface area contributed by atoms with Crippen LogP contribution in [0.5, 0.6) is 0 Å². The first-order valence-corrected chi connectivity index (χ1v) is 6.04. The van der Waals surface area contributed by atoms with Crippen molar-refractivity contribution < 1.29 is 9.47 Å². The number of ether oxygens (including phenoxy) is 2. The zero-order valence-electron chi connectivity index (χ0n) is 10.3. The van der Waals surface area contributed by atoms with E-state index >= 15 is 0 Å². The number of nitrogens with one attached hydrogen (secondary N) is 1. The van der Waals surface area contributed by atoms with Crippen molar-refractivity contribution in [1.29, 1.82) is 0 Å². The van der Waals surface area contributed by atoms with E-state index in [9.17, 15) is 0 Å². The average molecular weight is 215 g/mol. The Morgan fingerprint density at radius 3 is 2.53 bits per heavy atom. The zero-order valence-corrected chi connectivity index (χ0v) is 10.3. The molecule has 0 spiro atoms. The van der Waals surface area contributed by atoms with E-state index < -0.39 is 0 Å². The van der Waals surface area contributed by atoms with Crippen LogP contribution in [0.3, 0.4) is 0 Å². The summed E-state index contributed by atoms with van der Waals surface area (Å²) >= 11 is 0. The SMILES string of the molecule is COCCOCCNC1CC(C(C)C)C1. The normalized spacial score (nSPS) is 25.6. The maximum Gasteiger partial charge on any atom is 0.0700 e. The van der Waals surface area contributed by atoms with Crippen molar-refractivity contribution in [2.45, 2.75) is 32.7 Å². The fourth-order valence-corrected chi connectivity index (χ4v) is 1.95. The summed E-state index contributed by atoms with van der Waals surface area (Å²) in [5.74, 6) is 1.79. The first kappa shape index (κ1) is 12.9. The van der Waals surface area contributed by atoms with E-state index in [1.54, 1.807) is 7.11 Å². The molecule has 1 fully saturated rings. The van der Waals surface area contributed by atoms with Gasteiger partial charge in [-0.1, -0.05) is 13.8 Å². The van der Waals surface area contributed by atoms with Crippen LogP contribution in [0.1, 0.15) is 26.7 Å². The smallest absolute Gasteiger partial charge is 0.0700 e. The number of hydrogen-bond acceptors (Lipinski definition) is 3.